The van der Waals surface area contributed by atoms with E-state index >= 15 is 0 Å². The zero-order valence-electron chi connectivity index (χ0n) is 10.1. The van der Waals surface area contributed by atoms with E-state index in [-0.39, 0.29) is 0 Å². The van der Waals surface area contributed by atoms with Crippen molar-refractivity contribution in [2.24, 2.45) is 0 Å². The normalized spacial score (nSPS) is 11.4. The Kier molecular flexibility index (Phi) is 4.60. The molecule has 2 rings (SSSR count). The summed E-state index contributed by atoms with van der Waals surface area (Å²) in [5, 5.41) is 3.50. The van der Waals surface area contributed by atoms with Crippen LogP contribution >= 0.6 is 27.5 Å². The largest absolute Gasteiger partial charge is 0.416 e. The zero-order valence-corrected chi connectivity index (χ0v) is 12.5. The van der Waals surface area contributed by atoms with Crippen molar-refractivity contribution in [3.8, 4) is 0 Å². The highest BCUT2D eigenvalue weighted by Gasteiger charge is 2.30. The highest BCUT2D eigenvalue weighted by molar-refractivity contribution is 9.10. The monoisotopic (exact) mass is 363 g/mol. The molecule has 0 spiro atoms. The van der Waals surface area contributed by atoms with E-state index in [1.807, 2.05) is 6.07 Å². The Morgan fingerprint density at radius 1 is 1.10 bits per heavy atom. The molecule has 0 heterocycles. The Hall–Kier alpha value is -1.20. The summed E-state index contributed by atoms with van der Waals surface area (Å²) >= 11 is 9.35. The third-order valence-electron chi connectivity index (χ3n) is 2.68. The lowest BCUT2D eigenvalue weighted by Crippen LogP contribution is -2.06. The maximum absolute atomic E-state index is 12.6. The Bertz CT molecular complexity index is 614. The fraction of sp³-hybridized carbons (Fsp3) is 0.143. The van der Waals surface area contributed by atoms with Gasteiger partial charge in [-0.25, -0.2) is 0 Å². The number of alkyl halides is 3. The van der Waals surface area contributed by atoms with E-state index in [9.17, 15) is 13.2 Å². The van der Waals surface area contributed by atoms with Crippen LogP contribution in [-0.2, 0) is 12.7 Å². The Balaban J connectivity index is 2.13. The van der Waals surface area contributed by atoms with E-state index < -0.39 is 11.7 Å². The average molecular weight is 365 g/mol. The van der Waals surface area contributed by atoms with Gasteiger partial charge >= 0.3 is 6.18 Å². The van der Waals surface area contributed by atoms with Crippen LogP contribution in [0.1, 0.15) is 11.1 Å². The van der Waals surface area contributed by atoms with Crippen LogP contribution in [0.4, 0.5) is 18.9 Å². The summed E-state index contributed by atoms with van der Waals surface area (Å²) < 4.78 is 38.6. The molecule has 0 fully saturated rings. The van der Waals surface area contributed by atoms with Crippen molar-refractivity contribution >= 4 is 33.2 Å². The molecule has 0 bridgehead atoms. The van der Waals surface area contributed by atoms with Gasteiger partial charge in [-0.2, -0.15) is 13.2 Å². The molecule has 0 aliphatic heterocycles. The van der Waals surface area contributed by atoms with Crippen molar-refractivity contribution in [2.45, 2.75) is 12.7 Å². The van der Waals surface area contributed by atoms with E-state index in [2.05, 4.69) is 21.2 Å². The number of hydrogen-bond donors (Lipinski definition) is 1. The SMILES string of the molecule is FC(F)(F)c1cccc(NCc2cc(Br)ccc2Cl)c1. The molecular weight excluding hydrogens is 355 g/mol. The number of benzene rings is 2. The quantitative estimate of drug-likeness (QED) is 0.733. The zero-order chi connectivity index (χ0) is 14.8. The summed E-state index contributed by atoms with van der Waals surface area (Å²) in [5.41, 5.74) is 0.525. The number of nitrogens with one attached hydrogen (secondary N) is 1. The van der Waals surface area contributed by atoms with E-state index in [1.54, 1.807) is 18.2 Å². The Morgan fingerprint density at radius 2 is 1.85 bits per heavy atom. The van der Waals surface area contributed by atoms with Crippen molar-refractivity contribution in [2.75, 3.05) is 5.32 Å². The molecule has 0 radical (unpaired) electrons. The lowest BCUT2D eigenvalue weighted by atomic mass is 10.2. The van der Waals surface area contributed by atoms with Crippen LogP contribution in [0.3, 0.4) is 0 Å². The van der Waals surface area contributed by atoms with E-state index in [0.717, 1.165) is 22.2 Å². The molecule has 1 N–H and O–H groups in total. The molecular formula is C14H10BrClF3N. The molecule has 1 nitrogen and oxygen atoms in total. The van der Waals surface area contributed by atoms with Gasteiger partial charge in [0, 0.05) is 21.7 Å². The second-order valence-corrected chi connectivity index (χ2v) is 5.49. The second-order valence-electron chi connectivity index (χ2n) is 4.17. The summed E-state index contributed by atoms with van der Waals surface area (Å²) in [6.07, 6.45) is -4.34. The molecule has 6 heteroatoms. The van der Waals surface area contributed by atoms with E-state index in [1.165, 1.54) is 6.07 Å². The predicted octanol–water partition coefficient (Wildman–Crippen LogP) is 5.73. The number of anilines is 1. The first-order chi connectivity index (χ1) is 9.36. The van der Waals surface area contributed by atoms with Gasteiger partial charge in [0.1, 0.15) is 0 Å². The lowest BCUT2D eigenvalue weighted by Gasteiger charge is -2.11. The molecule has 2 aromatic carbocycles. The van der Waals surface area contributed by atoms with Crippen LogP contribution in [0.15, 0.2) is 46.9 Å². The molecule has 0 saturated carbocycles. The Morgan fingerprint density at radius 3 is 2.55 bits per heavy atom. The van der Waals surface area contributed by atoms with Gasteiger partial charge in [0.05, 0.1) is 5.56 Å². The van der Waals surface area contributed by atoms with Crippen molar-refractivity contribution in [1.82, 2.24) is 0 Å². The first-order valence-corrected chi connectivity index (χ1v) is 6.88. The molecule has 0 aromatic heterocycles. The van der Waals surface area contributed by atoms with Gasteiger partial charge in [0.2, 0.25) is 0 Å². The molecule has 106 valence electrons. The standard InChI is InChI=1S/C14H10BrClF3N/c15-11-4-5-13(16)9(6-11)8-20-12-3-1-2-10(7-12)14(17,18)19/h1-7,20H,8H2. The minimum absolute atomic E-state index is 0.347. The van der Waals surface area contributed by atoms with Gasteiger partial charge in [-0.15, -0.1) is 0 Å². The maximum Gasteiger partial charge on any atom is 0.416 e. The average Bonchev–Trinajstić information content (AvgIpc) is 2.39. The highest BCUT2D eigenvalue weighted by atomic mass is 79.9. The van der Waals surface area contributed by atoms with E-state index in [4.69, 9.17) is 11.6 Å². The highest BCUT2D eigenvalue weighted by Crippen LogP contribution is 2.31. The van der Waals surface area contributed by atoms with Crippen LogP contribution in [0.5, 0.6) is 0 Å². The summed E-state index contributed by atoms with van der Waals surface area (Å²) in [6.45, 7) is 0.347. The minimum atomic E-state index is -4.34. The number of hydrogen-bond acceptors (Lipinski definition) is 1. The summed E-state index contributed by atoms with van der Waals surface area (Å²) in [7, 11) is 0. The fourth-order valence-corrected chi connectivity index (χ4v) is 2.27. The Labute approximate surface area is 127 Å². The third-order valence-corrected chi connectivity index (χ3v) is 3.54. The van der Waals surface area contributed by atoms with Gasteiger partial charge in [-0.3, -0.25) is 0 Å². The van der Waals surface area contributed by atoms with Crippen LogP contribution in [0, 0.1) is 0 Å². The maximum atomic E-state index is 12.6. The topological polar surface area (TPSA) is 12.0 Å². The molecule has 0 unspecified atom stereocenters. The van der Waals surface area contributed by atoms with Gasteiger partial charge in [0.15, 0.2) is 0 Å². The summed E-state index contributed by atoms with van der Waals surface area (Å²) in [4.78, 5) is 0. The van der Waals surface area contributed by atoms with E-state index in [0.29, 0.717) is 17.3 Å². The van der Waals surface area contributed by atoms with Crippen LogP contribution in [-0.4, -0.2) is 0 Å². The van der Waals surface area contributed by atoms with Crippen molar-refractivity contribution in [3.05, 3.63) is 63.1 Å². The van der Waals surface area contributed by atoms with Crippen LogP contribution in [0.25, 0.3) is 0 Å². The molecule has 20 heavy (non-hydrogen) atoms. The third kappa shape index (κ3) is 3.90. The van der Waals surface area contributed by atoms with Gasteiger partial charge in [0.25, 0.3) is 0 Å². The van der Waals surface area contributed by atoms with Crippen molar-refractivity contribution in [1.29, 1.82) is 0 Å². The van der Waals surface area contributed by atoms with Crippen molar-refractivity contribution < 1.29 is 13.2 Å². The van der Waals surface area contributed by atoms with Crippen LogP contribution < -0.4 is 5.32 Å². The van der Waals surface area contributed by atoms with Gasteiger partial charge in [-0.1, -0.05) is 33.6 Å². The van der Waals surface area contributed by atoms with Crippen LogP contribution in [0.2, 0.25) is 5.02 Å². The second kappa shape index (κ2) is 6.06. The first-order valence-electron chi connectivity index (χ1n) is 5.71. The number of halogens is 5. The lowest BCUT2D eigenvalue weighted by molar-refractivity contribution is -0.137. The molecule has 0 amide bonds. The minimum Gasteiger partial charge on any atom is -0.381 e. The molecule has 0 saturated heterocycles. The fourth-order valence-electron chi connectivity index (χ4n) is 1.68. The van der Waals surface area contributed by atoms with Crippen molar-refractivity contribution in [3.63, 3.8) is 0 Å². The summed E-state index contributed by atoms with van der Waals surface area (Å²) in [6, 6.07) is 10.4. The first kappa shape index (κ1) is 15.2. The van der Waals surface area contributed by atoms with Gasteiger partial charge < -0.3 is 5.32 Å². The molecule has 0 atom stereocenters. The van der Waals surface area contributed by atoms with Gasteiger partial charge in [-0.05, 0) is 42.0 Å². The molecule has 0 aliphatic carbocycles. The summed E-state index contributed by atoms with van der Waals surface area (Å²) in [5.74, 6) is 0. The number of rotatable bonds is 3. The predicted molar refractivity (Wildman–Crippen MR) is 77.9 cm³/mol. The molecule has 0 aliphatic rings. The smallest absolute Gasteiger partial charge is 0.381 e. The molecule has 2 aromatic rings.